The molecule has 1 aromatic heterocycles. The van der Waals surface area contributed by atoms with Crippen molar-refractivity contribution in [3.8, 4) is 11.4 Å². The van der Waals surface area contributed by atoms with Gasteiger partial charge in [-0.3, -0.25) is 0 Å². The molecule has 0 saturated carbocycles. The van der Waals surface area contributed by atoms with Gasteiger partial charge in [0.15, 0.2) is 0 Å². The summed E-state index contributed by atoms with van der Waals surface area (Å²) < 4.78 is 0. The van der Waals surface area contributed by atoms with Crippen LogP contribution < -0.4 is 0 Å². The van der Waals surface area contributed by atoms with E-state index in [2.05, 4.69) is 10.2 Å². The van der Waals surface area contributed by atoms with E-state index in [0.717, 1.165) is 0 Å². The Morgan fingerprint density at radius 2 is 1.52 bits per heavy atom. The standard InChI is InChI=1S/C20H24ClN3O3/c1-10(2)18(25)12-7-14(19(26)11(3)4)20(27)17(8-12)24-22-15-6-5-13(21)9-16(15)23-24/h5-11,18-19,25-27H,1-4H3. The average Bonchev–Trinajstić information content (AvgIpc) is 3.03. The maximum atomic E-state index is 10.8. The van der Waals surface area contributed by atoms with Gasteiger partial charge in [-0.15, -0.1) is 15.0 Å². The highest BCUT2D eigenvalue weighted by atomic mass is 35.5. The van der Waals surface area contributed by atoms with Gasteiger partial charge < -0.3 is 15.3 Å². The molecule has 1 heterocycles. The fourth-order valence-electron chi connectivity index (χ4n) is 2.95. The van der Waals surface area contributed by atoms with Gasteiger partial charge in [-0.05, 0) is 47.7 Å². The van der Waals surface area contributed by atoms with E-state index in [9.17, 15) is 15.3 Å². The highest BCUT2D eigenvalue weighted by Gasteiger charge is 2.24. The first kappa shape index (κ1) is 19.6. The minimum Gasteiger partial charge on any atom is -0.505 e. The first-order valence-electron chi connectivity index (χ1n) is 8.95. The molecule has 2 unspecified atom stereocenters. The van der Waals surface area contributed by atoms with Gasteiger partial charge >= 0.3 is 0 Å². The molecular weight excluding hydrogens is 366 g/mol. The lowest BCUT2D eigenvalue weighted by Crippen LogP contribution is -2.12. The molecule has 6 nitrogen and oxygen atoms in total. The highest BCUT2D eigenvalue weighted by Crippen LogP contribution is 2.37. The van der Waals surface area contributed by atoms with Gasteiger partial charge in [0.2, 0.25) is 0 Å². The minimum absolute atomic E-state index is 0.0325. The number of aliphatic hydroxyl groups is 2. The molecule has 0 aliphatic rings. The summed E-state index contributed by atoms with van der Waals surface area (Å²) in [7, 11) is 0. The summed E-state index contributed by atoms with van der Waals surface area (Å²) in [6, 6.07) is 8.45. The van der Waals surface area contributed by atoms with Crippen LogP contribution in [-0.4, -0.2) is 30.3 Å². The van der Waals surface area contributed by atoms with Crippen LogP contribution >= 0.6 is 11.6 Å². The molecule has 2 atom stereocenters. The normalized spacial score (nSPS) is 14.3. The van der Waals surface area contributed by atoms with Crippen LogP contribution in [0.4, 0.5) is 0 Å². The number of fused-ring (bicyclic) bond motifs is 1. The monoisotopic (exact) mass is 389 g/mol. The van der Waals surface area contributed by atoms with E-state index in [4.69, 9.17) is 11.6 Å². The number of aliphatic hydroxyl groups excluding tert-OH is 2. The van der Waals surface area contributed by atoms with E-state index in [0.29, 0.717) is 32.9 Å². The van der Waals surface area contributed by atoms with Gasteiger partial charge in [-0.25, -0.2) is 0 Å². The summed E-state index contributed by atoms with van der Waals surface area (Å²) in [5.41, 5.74) is 2.44. The van der Waals surface area contributed by atoms with Crippen LogP contribution in [0.2, 0.25) is 5.02 Å². The Bertz CT molecular complexity index is 969. The number of phenols is 1. The summed E-state index contributed by atoms with van der Waals surface area (Å²) in [6.45, 7) is 7.52. The van der Waals surface area contributed by atoms with Crippen molar-refractivity contribution in [1.82, 2.24) is 15.0 Å². The van der Waals surface area contributed by atoms with Crippen LogP contribution in [0.25, 0.3) is 16.7 Å². The molecule has 0 fully saturated rings. The average molecular weight is 390 g/mol. The molecule has 0 aliphatic carbocycles. The minimum atomic E-state index is -0.887. The third-order valence-corrected chi connectivity index (χ3v) is 4.86. The second-order valence-corrected chi connectivity index (χ2v) is 7.91. The van der Waals surface area contributed by atoms with E-state index in [-0.39, 0.29) is 17.6 Å². The van der Waals surface area contributed by atoms with Crippen molar-refractivity contribution < 1.29 is 15.3 Å². The highest BCUT2D eigenvalue weighted by molar-refractivity contribution is 6.31. The molecular formula is C20H24ClN3O3. The number of nitrogens with zero attached hydrogens (tertiary/aromatic N) is 3. The number of hydrogen-bond donors (Lipinski definition) is 3. The first-order chi connectivity index (χ1) is 12.7. The number of benzene rings is 2. The lowest BCUT2D eigenvalue weighted by molar-refractivity contribution is 0.118. The Morgan fingerprint density at radius 1 is 0.889 bits per heavy atom. The molecule has 0 spiro atoms. The Hall–Kier alpha value is -2.15. The molecule has 27 heavy (non-hydrogen) atoms. The molecule has 144 valence electrons. The molecule has 0 saturated heterocycles. The molecule has 2 aromatic carbocycles. The first-order valence-corrected chi connectivity index (χ1v) is 9.32. The Morgan fingerprint density at radius 3 is 2.15 bits per heavy atom. The lowest BCUT2D eigenvalue weighted by Gasteiger charge is -2.22. The van der Waals surface area contributed by atoms with Gasteiger partial charge in [0.05, 0.1) is 12.2 Å². The second kappa shape index (κ2) is 7.46. The predicted octanol–water partition coefficient (Wildman–Crippen LogP) is 4.16. The number of aromatic hydroxyl groups is 1. The smallest absolute Gasteiger partial charge is 0.148 e. The fraction of sp³-hybridized carbons (Fsp3) is 0.400. The Labute approximate surface area is 163 Å². The van der Waals surface area contributed by atoms with Crippen molar-refractivity contribution in [3.05, 3.63) is 46.5 Å². The number of rotatable bonds is 5. The summed E-state index contributed by atoms with van der Waals surface area (Å²) >= 11 is 6.02. The van der Waals surface area contributed by atoms with Crippen molar-refractivity contribution in [1.29, 1.82) is 0 Å². The van der Waals surface area contributed by atoms with Crippen LogP contribution in [-0.2, 0) is 0 Å². The summed E-state index contributed by atoms with van der Waals surface area (Å²) in [4.78, 5) is 1.31. The van der Waals surface area contributed by atoms with Crippen molar-refractivity contribution in [2.75, 3.05) is 0 Å². The third-order valence-electron chi connectivity index (χ3n) is 4.62. The molecule has 0 radical (unpaired) electrons. The summed E-state index contributed by atoms with van der Waals surface area (Å²) in [6.07, 6.45) is -1.63. The van der Waals surface area contributed by atoms with E-state index in [1.807, 2.05) is 27.7 Å². The van der Waals surface area contributed by atoms with Crippen molar-refractivity contribution in [3.63, 3.8) is 0 Å². The van der Waals surface area contributed by atoms with Crippen LogP contribution in [0, 0.1) is 11.8 Å². The Balaban J connectivity index is 2.22. The molecule has 7 heteroatoms. The van der Waals surface area contributed by atoms with Gasteiger partial charge in [-0.1, -0.05) is 39.3 Å². The van der Waals surface area contributed by atoms with Crippen LogP contribution in [0.3, 0.4) is 0 Å². The van der Waals surface area contributed by atoms with Gasteiger partial charge in [-0.2, -0.15) is 0 Å². The van der Waals surface area contributed by atoms with Gasteiger partial charge in [0.1, 0.15) is 22.5 Å². The number of phenolic OH excluding ortho intramolecular Hbond substituents is 1. The zero-order valence-corrected chi connectivity index (χ0v) is 16.5. The molecule has 0 bridgehead atoms. The number of aromatic nitrogens is 3. The summed E-state index contributed by atoms with van der Waals surface area (Å²) in [5.74, 6) is -0.254. The van der Waals surface area contributed by atoms with Crippen molar-refractivity contribution >= 4 is 22.6 Å². The third kappa shape index (κ3) is 3.78. The zero-order valence-electron chi connectivity index (χ0n) is 15.8. The van der Waals surface area contributed by atoms with E-state index < -0.39 is 12.2 Å². The van der Waals surface area contributed by atoms with Crippen molar-refractivity contribution in [2.24, 2.45) is 11.8 Å². The number of hydrogen-bond acceptors (Lipinski definition) is 5. The molecule has 3 rings (SSSR count). The molecule has 3 N–H and O–H groups in total. The van der Waals surface area contributed by atoms with E-state index >= 15 is 0 Å². The topological polar surface area (TPSA) is 91.4 Å². The van der Waals surface area contributed by atoms with Crippen molar-refractivity contribution in [2.45, 2.75) is 39.9 Å². The van der Waals surface area contributed by atoms with Crippen LogP contribution in [0.15, 0.2) is 30.3 Å². The second-order valence-electron chi connectivity index (χ2n) is 7.48. The van der Waals surface area contributed by atoms with Crippen LogP contribution in [0.5, 0.6) is 5.75 Å². The van der Waals surface area contributed by atoms with Gasteiger partial charge in [0.25, 0.3) is 0 Å². The Kier molecular flexibility index (Phi) is 5.42. The largest absolute Gasteiger partial charge is 0.505 e. The van der Waals surface area contributed by atoms with E-state index in [1.54, 1.807) is 30.3 Å². The lowest BCUT2D eigenvalue weighted by atomic mass is 9.91. The van der Waals surface area contributed by atoms with Crippen LogP contribution in [0.1, 0.15) is 51.0 Å². The maximum absolute atomic E-state index is 10.8. The maximum Gasteiger partial charge on any atom is 0.148 e. The van der Waals surface area contributed by atoms with Gasteiger partial charge in [0, 0.05) is 10.6 Å². The quantitative estimate of drug-likeness (QED) is 0.609. The zero-order chi connectivity index (χ0) is 19.9. The molecule has 0 amide bonds. The number of halogens is 1. The SMILES string of the molecule is CC(C)C(O)c1cc(C(O)C(C)C)c(O)c(-n2nc3ccc(Cl)cc3n2)c1. The predicted molar refractivity (Wildman–Crippen MR) is 105 cm³/mol. The molecule has 3 aromatic rings. The summed E-state index contributed by atoms with van der Waals surface area (Å²) in [5, 5.41) is 41.3. The fourth-order valence-corrected chi connectivity index (χ4v) is 3.12. The van der Waals surface area contributed by atoms with E-state index in [1.165, 1.54) is 4.80 Å². The molecule has 0 aliphatic heterocycles.